The van der Waals surface area contributed by atoms with Crippen LogP contribution in [0.5, 0.6) is 5.75 Å². The summed E-state index contributed by atoms with van der Waals surface area (Å²) in [7, 11) is 4.31. The number of fused-ring (bicyclic) bond motifs is 1. The summed E-state index contributed by atoms with van der Waals surface area (Å²) in [5.41, 5.74) is 1.31. The molecule has 1 aromatic carbocycles. The predicted molar refractivity (Wildman–Crippen MR) is 79.0 cm³/mol. The van der Waals surface area contributed by atoms with Gasteiger partial charge in [0.25, 0.3) is 0 Å². The summed E-state index contributed by atoms with van der Waals surface area (Å²) in [6.45, 7) is 1.11. The number of hydrogen-bond acceptors (Lipinski definition) is 2. The highest BCUT2D eigenvalue weighted by atomic mass is 35.5. The molecule has 1 spiro atoms. The van der Waals surface area contributed by atoms with Crippen molar-refractivity contribution < 1.29 is 4.74 Å². The topological polar surface area (TPSA) is 12.5 Å². The summed E-state index contributed by atoms with van der Waals surface area (Å²) in [4.78, 5) is 2.29. The molecule has 1 aromatic rings. The van der Waals surface area contributed by atoms with Crippen molar-refractivity contribution in [2.75, 3.05) is 20.6 Å². The second kappa shape index (κ2) is 4.99. The first-order chi connectivity index (χ1) is 9.09. The lowest BCUT2D eigenvalue weighted by atomic mass is 9.73. The van der Waals surface area contributed by atoms with Crippen molar-refractivity contribution in [3.05, 3.63) is 28.8 Å². The number of benzene rings is 1. The quantitative estimate of drug-likeness (QED) is 0.817. The lowest BCUT2D eigenvalue weighted by molar-refractivity contribution is -0.0150. The normalized spacial score (nSPS) is 29.6. The van der Waals surface area contributed by atoms with Crippen LogP contribution >= 0.6 is 11.6 Å². The maximum absolute atomic E-state index is 6.42. The van der Waals surface area contributed by atoms with Gasteiger partial charge in [-0.2, -0.15) is 0 Å². The molecule has 104 valence electrons. The number of rotatable bonds is 2. The van der Waals surface area contributed by atoms with E-state index in [2.05, 4.69) is 25.1 Å². The van der Waals surface area contributed by atoms with E-state index in [-0.39, 0.29) is 5.60 Å². The van der Waals surface area contributed by atoms with Gasteiger partial charge >= 0.3 is 0 Å². The van der Waals surface area contributed by atoms with Crippen LogP contribution in [-0.4, -0.2) is 31.1 Å². The third kappa shape index (κ3) is 2.48. The van der Waals surface area contributed by atoms with Gasteiger partial charge in [0.15, 0.2) is 0 Å². The minimum absolute atomic E-state index is 0.0233. The summed E-state index contributed by atoms with van der Waals surface area (Å²) in [5.74, 6) is 1.68. The van der Waals surface area contributed by atoms with E-state index in [9.17, 15) is 0 Å². The van der Waals surface area contributed by atoms with E-state index in [0.29, 0.717) is 5.92 Å². The van der Waals surface area contributed by atoms with E-state index in [1.54, 1.807) is 0 Å². The highest BCUT2D eigenvalue weighted by molar-refractivity contribution is 6.30. The Balaban J connectivity index is 1.87. The van der Waals surface area contributed by atoms with E-state index in [1.807, 2.05) is 12.1 Å². The average molecular weight is 280 g/mol. The number of ether oxygens (including phenoxy) is 1. The Labute approximate surface area is 120 Å². The molecule has 1 aliphatic heterocycles. The lowest BCUT2D eigenvalue weighted by Gasteiger charge is -2.41. The van der Waals surface area contributed by atoms with Gasteiger partial charge in [0.05, 0.1) is 0 Å². The summed E-state index contributed by atoms with van der Waals surface area (Å²) in [6, 6.07) is 6.05. The van der Waals surface area contributed by atoms with Crippen LogP contribution in [0.3, 0.4) is 0 Å². The van der Waals surface area contributed by atoms with Gasteiger partial charge in [0, 0.05) is 23.9 Å². The number of hydrogen-bond donors (Lipinski definition) is 0. The molecule has 1 heterocycles. The molecule has 2 aliphatic rings. The Bertz CT molecular complexity index is 474. The van der Waals surface area contributed by atoms with Gasteiger partial charge in [0.2, 0.25) is 0 Å². The lowest BCUT2D eigenvalue weighted by Crippen LogP contribution is -2.48. The van der Waals surface area contributed by atoms with E-state index in [1.165, 1.54) is 31.2 Å². The van der Waals surface area contributed by atoms with E-state index in [0.717, 1.165) is 23.7 Å². The van der Waals surface area contributed by atoms with Crippen LogP contribution in [0, 0.1) is 5.92 Å². The third-order valence-electron chi connectivity index (χ3n) is 4.56. The molecular weight excluding hydrogens is 258 g/mol. The van der Waals surface area contributed by atoms with Gasteiger partial charge in [0.1, 0.15) is 11.4 Å². The fraction of sp³-hybridized carbons (Fsp3) is 0.625. The molecule has 2 nitrogen and oxygen atoms in total. The fourth-order valence-corrected chi connectivity index (χ4v) is 3.91. The standard InChI is InChI=1S/C16H22ClNO/c1-18(2)11-13-5-3-4-8-16(13)10-12-9-14(17)6-7-15(12)19-16/h6-7,9,13H,3-5,8,10-11H2,1-2H3. The predicted octanol–water partition coefficient (Wildman–Crippen LogP) is 3.77. The highest BCUT2D eigenvalue weighted by Gasteiger charge is 2.47. The van der Waals surface area contributed by atoms with Crippen LogP contribution in [-0.2, 0) is 6.42 Å². The van der Waals surface area contributed by atoms with Crippen LogP contribution in [0.1, 0.15) is 31.2 Å². The Kier molecular flexibility index (Phi) is 3.48. The first kappa shape index (κ1) is 13.3. The molecule has 2 atom stereocenters. The SMILES string of the molecule is CN(C)CC1CCCCC12Cc1cc(Cl)ccc1O2. The molecule has 0 aromatic heterocycles. The molecule has 1 fully saturated rings. The summed E-state index contributed by atoms with van der Waals surface area (Å²) < 4.78 is 6.42. The molecular formula is C16H22ClNO. The van der Waals surface area contributed by atoms with E-state index < -0.39 is 0 Å². The fourth-order valence-electron chi connectivity index (χ4n) is 3.71. The molecule has 0 amide bonds. The van der Waals surface area contributed by atoms with Gasteiger partial charge in [-0.15, -0.1) is 0 Å². The molecule has 3 heteroatoms. The van der Waals surface area contributed by atoms with Gasteiger partial charge in [-0.3, -0.25) is 0 Å². The molecule has 2 unspecified atom stereocenters. The maximum Gasteiger partial charge on any atom is 0.123 e. The van der Waals surface area contributed by atoms with Crippen LogP contribution < -0.4 is 4.74 Å². The Morgan fingerprint density at radius 2 is 2.21 bits per heavy atom. The Hall–Kier alpha value is -0.730. The Morgan fingerprint density at radius 3 is 3.00 bits per heavy atom. The minimum atomic E-state index is 0.0233. The van der Waals surface area contributed by atoms with E-state index in [4.69, 9.17) is 16.3 Å². The van der Waals surface area contributed by atoms with Crippen molar-refractivity contribution in [2.24, 2.45) is 5.92 Å². The van der Waals surface area contributed by atoms with Crippen LogP contribution in [0.2, 0.25) is 5.02 Å². The largest absolute Gasteiger partial charge is 0.486 e. The monoisotopic (exact) mass is 279 g/mol. The van der Waals surface area contributed by atoms with Crippen LogP contribution in [0.25, 0.3) is 0 Å². The molecule has 19 heavy (non-hydrogen) atoms. The van der Waals surface area contributed by atoms with Gasteiger partial charge in [-0.1, -0.05) is 18.0 Å². The molecule has 1 aliphatic carbocycles. The first-order valence-electron chi connectivity index (χ1n) is 7.21. The summed E-state index contributed by atoms with van der Waals surface area (Å²) in [5, 5.41) is 0.819. The Morgan fingerprint density at radius 1 is 1.37 bits per heavy atom. The summed E-state index contributed by atoms with van der Waals surface area (Å²) in [6.07, 6.45) is 6.10. The smallest absolute Gasteiger partial charge is 0.123 e. The van der Waals surface area contributed by atoms with Crippen molar-refractivity contribution in [2.45, 2.75) is 37.7 Å². The first-order valence-corrected chi connectivity index (χ1v) is 7.59. The minimum Gasteiger partial charge on any atom is -0.486 e. The molecule has 0 N–H and O–H groups in total. The zero-order valence-electron chi connectivity index (χ0n) is 11.8. The summed E-state index contributed by atoms with van der Waals surface area (Å²) >= 11 is 6.11. The van der Waals surface area contributed by atoms with Crippen molar-refractivity contribution in [3.63, 3.8) is 0 Å². The second-order valence-corrected chi connectivity index (χ2v) is 6.74. The highest BCUT2D eigenvalue weighted by Crippen LogP contribution is 2.47. The maximum atomic E-state index is 6.42. The van der Waals surface area contributed by atoms with Crippen molar-refractivity contribution >= 4 is 11.6 Å². The van der Waals surface area contributed by atoms with Crippen molar-refractivity contribution in [1.29, 1.82) is 0 Å². The molecule has 0 saturated heterocycles. The van der Waals surface area contributed by atoms with E-state index >= 15 is 0 Å². The third-order valence-corrected chi connectivity index (χ3v) is 4.79. The number of halogens is 1. The zero-order chi connectivity index (χ0) is 13.5. The molecule has 1 saturated carbocycles. The van der Waals surface area contributed by atoms with Gasteiger partial charge < -0.3 is 9.64 Å². The molecule has 3 rings (SSSR count). The van der Waals surface area contributed by atoms with Crippen molar-refractivity contribution in [3.8, 4) is 5.75 Å². The van der Waals surface area contributed by atoms with Gasteiger partial charge in [-0.25, -0.2) is 0 Å². The van der Waals surface area contributed by atoms with Crippen molar-refractivity contribution in [1.82, 2.24) is 4.90 Å². The van der Waals surface area contributed by atoms with Gasteiger partial charge in [-0.05, 0) is 57.1 Å². The number of nitrogens with zero attached hydrogens (tertiary/aromatic N) is 1. The van der Waals surface area contributed by atoms with Crippen LogP contribution in [0.15, 0.2) is 18.2 Å². The zero-order valence-corrected chi connectivity index (χ0v) is 12.5. The molecule has 0 radical (unpaired) electrons. The average Bonchev–Trinajstić information content (AvgIpc) is 2.70. The second-order valence-electron chi connectivity index (χ2n) is 6.30. The molecule has 0 bridgehead atoms. The van der Waals surface area contributed by atoms with Crippen LogP contribution in [0.4, 0.5) is 0 Å².